The fourth-order valence-electron chi connectivity index (χ4n) is 2.62. The van der Waals surface area contributed by atoms with Crippen molar-refractivity contribution in [1.82, 2.24) is 9.21 Å². The zero-order chi connectivity index (χ0) is 16.9. The molecule has 138 valence electrons. The van der Waals surface area contributed by atoms with Gasteiger partial charge >= 0.3 is 0 Å². The van der Waals surface area contributed by atoms with E-state index in [4.69, 9.17) is 5.73 Å². The summed E-state index contributed by atoms with van der Waals surface area (Å²) in [4.78, 5) is 7.25. The lowest BCUT2D eigenvalue weighted by atomic mass is 10.2. The molecule has 0 radical (unpaired) electrons. The van der Waals surface area contributed by atoms with Gasteiger partial charge in [-0.3, -0.25) is 0 Å². The molecule has 0 unspecified atom stereocenters. The van der Waals surface area contributed by atoms with Crippen LogP contribution in [-0.2, 0) is 16.6 Å². The van der Waals surface area contributed by atoms with Crippen LogP contribution < -0.4 is 5.73 Å². The van der Waals surface area contributed by atoms with Crippen LogP contribution in [0, 0.1) is 0 Å². The van der Waals surface area contributed by atoms with Crippen molar-refractivity contribution in [1.29, 1.82) is 0 Å². The van der Waals surface area contributed by atoms with E-state index in [2.05, 4.69) is 4.99 Å². The van der Waals surface area contributed by atoms with Gasteiger partial charge in [0.05, 0.1) is 6.54 Å². The molecule has 0 aliphatic carbocycles. The smallest absolute Gasteiger partial charge is 0.252 e. The van der Waals surface area contributed by atoms with E-state index in [1.807, 2.05) is 24.8 Å². The summed E-state index contributed by atoms with van der Waals surface area (Å²) in [5.41, 5.74) is 5.95. The Balaban J connectivity index is 0.00000288. The fourth-order valence-corrected chi connectivity index (χ4v) is 5.57. The number of sulfonamides is 1. The Morgan fingerprint density at radius 2 is 1.88 bits per heavy atom. The van der Waals surface area contributed by atoms with Gasteiger partial charge in [-0.15, -0.1) is 35.3 Å². The maximum absolute atomic E-state index is 12.6. The third-order valence-electron chi connectivity index (χ3n) is 4.03. The average molecular weight is 486 g/mol. The number of rotatable bonds is 6. The molecule has 2 rings (SSSR count). The lowest BCUT2D eigenvalue weighted by Crippen LogP contribution is -2.36. The predicted octanol–water partition coefficient (Wildman–Crippen LogP) is 2.70. The van der Waals surface area contributed by atoms with E-state index >= 15 is 0 Å². The molecular weight excluding hydrogens is 459 g/mol. The van der Waals surface area contributed by atoms with E-state index < -0.39 is 10.0 Å². The van der Waals surface area contributed by atoms with Crippen LogP contribution in [0.3, 0.4) is 0 Å². The topological polar surface area (TPSA) is 79.0 Å². The van der Waals surface area contributed by atoms with Gasteiger partial charge in [-0.25, -0.2) is 13.4 Å². The standard InChI is InChI=1S/C15H26N4O2S2.HI/c1-3-18(4-2)15(16)17-12-13-8-9-14(22-13)23(20,21)19-10-6-5-7-11-19;/h8-9H,3-7,10-12H2,1-2H3,(H2,16,17);1H. The van der Waals surface area contributed by atoms with Crippen LogP contribution >= 0.6 is 35.3 Å². The first-order valence-electron chi connectivity index (χ1n) is 8.12. The van der Waals surface area contributed by atoms with Gasteiger partial charge in [0.2, 0.25) is 0 Å². The lowest BCUT2D eigenvalue weighted by Gasteiger charge is -2.25. The zero-order valence-corrected chi connectivity index (χ0v) is 18.2. The Hall–Kier alpha value is -0.390. The first-order valence-corrected chi connectivity index (χ1v) is 10.4. The number of hydrogen-bond donors (Lipinski definition) is 1. The highest BCUT2D eigenvalue weighted by atomic mass is 127. The number of thiophene rings is 1. The molecular formula is C15H27IN4O2S2. The van der Waals surface area contributed by atoms with Crippen LogP contribution in [0.4, 0.5) is 0 Å². The second kappa shape index (κ2) is 9.93. The maximum atomic E-state index is 12.6. The van der Waals surface area contributed by atoms with E-state index in [-0.39, 0.29) is 24.0 Å². The van der Waals surface area contributed by atoms with E-state index in [1.54, 1.807) is 10.4 Å². The summed E-state index contributed by atoms with van der Waals surface area (Å²) in [6, 6.07) is 3.52. The molecule has 0 spiro atoms. The normalized spacial score (nSPS) is 16.7. The monoisotopic (exact) mass is 486 g/mol. The summed E-state index contributed by atoms with van der Waals surface area (Å²) in [5.74, 6) is 0.504. The van der Waals surface area contributed by atoms with Crippen LogP contribution in [0.25, 0.3) is 0 Å². The molecule has 0 saturated carbocycles. The summed E-state index contributed by atoms with van der Waals surface area (Å²) >= 11 is 1.29. The summed E-state index contributed by atoms with van der Waals surface area (Å²) in [7, 11) is -3.34. The van der Waals surface area contributed by atoms with Crippen molar-refractivity contribution in [2.45, 2.75) is 43.9 Å². The molecule has 1 aliphatic heterocycles. The molecule has 6 nitrogen and oxygen atoms in total. The number of nitrogens with zero attached hydrogens (tertiary/aromatic N) is 3. The van der Waals surface area contributed by atoms with Gasteiger partial charge in [-0.1, -0.05) is 6.42 Å². The van der Waals surface area contributed by atoms with Gasteiger partial charge in [0, 0.05) is 31.1 Å². The Morgan fingerprint density at radius 1 is 1.25 bits per heavy atom. The molecule has 0 aromatic carbocycles. The number of piperidine rings is 1. The lowest BCUT2D eigenvalue weighted by molar-refractivity contribution is 0.347. The van der Waals surface area contributed by atoms with E-state index in [9.17, 15) is 8.42 Å². The third kappa shape index (κ3) is 5.30. The molecule has 9 heteroatoms. The number of halogens is 1. The van der Waals surface area contributed by atoms with Gasteiger partial charge in [0.1, 0.15) is 4.21 Å². The molecule has 0 amide bonds. The third-order valence-corrected chi connectivity index (χ3v) is 7.47. The fraction of sp³-hybridized carbons (Fsp3) is 0.667. The minimum absolute atomic E-state index is 0. The quantitative estimate of drug-likeness (QED) is 0.381. The predicted molar refractivity (Wildman–Crippen MR) is 111 cm³/mol. The Morgan fingerprint density at radius 3 is 2.46 bits per heavy atom. The van der Waals surface area contributed by atoms with Crippen LogP contribution in [-0.4, -0.2) is 49.8 Å². The SMILES string of the molecule is CCN(CC)C(N)=NCc1ccc(S(=O)(=O)N2CCCCC2)s1.I. The molecule has 24 heavy (non-hydrogen) atoms. The van der Waals surface area contributed by atoms with Crippen molar-refractivity contribution in [3.05, 3.63) is 17.0 Å². The second-order valence-corrected chi connectivity index (χ2v) is 8.87. The number of aliphatic imine (C=N–C) groups is 1. The van der Waals surface area contributed by atoms with Crippen molar-refractivity contribution in [3.8, 4) is 0 Å². The zero-order valence-electron chi connectivity index (χ0n) is 14.3. The van der Waals surface area contributed by atoms with Crippen molar-refractivity contribution in [2.24, 2.45) is 10.7 Å². The van der Waals surface area contributed by atoms with E-state index in [0.717, 1.165) is 37.2 Å². The minimum atomic E-state index is -3.34. The largest absolute Gasteiger partial charge is 0.370 e. The van der Waals surface area contributed by atoms with Crippen molar-refractivity contribution < 1.29 is 8.42 Å². The van der Waals surface area contributed by atoms with Gasteiger partial charge in [-0.05, 0) is 38.8 Å². The molecule has 1 saturated heterocycles. The average Bonchev–Trinajstić information content (AvgIpc) is 3.04. The summed E-state index contributed by atoms with van der Waals surface area (Å²) in [6.45, 7) is 7.35. The van der Waals surface area contributed by atoms with Crippen molar-refractivity contribution in [3.63, 3.8) is 0 Å². The van der Waals surface area contributed by atoms with Crippen molar-refractivity contribution in [2.75, 3.05) is 26.2 Å². The van der Waals surface area contributed by atoms with Crippen LogP contribution in [0.2, 0.25) is 0 Å². The summed E-state index contributed by atoms with van der Waals surface area (Å²) < 4.78 is 27.2. The van der Waals surface area contributed by atoms with Crippen LogP contribution in [0.15, 0.2) is 21.3 Å². The Bertz CT molecular complexity index is 636. The second-order valence-electron chi connectivity index (χ2n) is 5.53. The molecule has 1 aromatic rings. The molecule has 0 bridgehead atoms. The van der Waals surface area contributed by atoms with E-state index in [1.165, 1.54) is 11.3 Å². The summed E-state index contributed by atoms with van der Waals surface area (Å²) in [5, 5.41) is 0. The van der Waals surface area contributed by atoms with Crippen molar-refractivity contribution >= 4 is 51.3 Å². The first kappa shape index (κ1) is 21.7. The first-order chi connectivity index (χ1) is 11.0. The maximum Gasteiger partial charge on any atom is 0.252 e. The highest BCUT2D eigenvalue weighted by Crippen LogP contribution is 2.27. The molecule has 2 N–H and O–H groups in total. The minimum Gasteiger partial charge on any atom is -0.370 e. The Labute approximate surface area is 166 Å². The highest BCUT2D eigenvalue weighted by Gasteiger charge is 2.27. The highest BCUT2D eigenvalue weighted by molar-refractivity contribution is 14.0. The Kier molecular flexibility index (Phi) is 8.96. The van der Waals surface area contributed by atoms with E-state index in [0.29, 0.717) is 29.8 Å². The number of hydrogen-bond acceptors (Lipinski definition) is 4. The van der Waals surface area contributed by atoms with Gasteiger partial charge < -0.3 is 10.6 Å². The molecule has 1 aliphatic rings. The van der Waals surface area contributed by atoms with Gasteiger partial charge in [0.15, 0.2) is 5.96 Å². The number of nitrogens with two attached hydrogens (primary N) is 1. The van der Waals surface area contributed by atoms with Crippen LogP contribution in [0.1, 0.15) is 38.0 Å². The van der Waals surface area contributed by atoms with Gasteiger partial charge in [0.25, 0.3) is 10.0 Å². The molecule has 1 fully saturated rings. The van der Waals surface area contributed by atoms with Crippen LogP contribution in [0.5, 0.6) is 0 Å². The number of guanidine groups is 1. The molecule has 2 heterocycles. The molecule has 0 atom stereocenters. The summed E-state index contributed by atoms with van der Waals surface area (Å²) in [6.07, 6.45) is 3.01. The van der Waals surface area contributed by atoms with Gasteiger partial charge in [-0.2, -0.15) is 4.31 Å². The molecule has 1 aromatic heterocycles.